The first-order valence-electron chi connectivity index (χ1n) is 15.3. The van der Waals surface area contributed by atoms with Crippen LogP contribution in [0.5, 0.6) is 0 Å². The topological polar surface area (TPSA) is 120 Å². The lowest BCUT2D eigenvalue weighted by Crippen LogP contribution is -2.55. The van der Waals surface area contributed by atoms with Crippen LogP contribution in [0.4, 0.5) is 0 Å². The van der Waals surface area contributed by atoms with Gasteiger partial charge in [0.1, 0.15) is 6.04 Å². The summed E-state index contributed by atoms with van der Waals surface area (Å²) in [4.78, 5) is 53.7. The van der Waals surface area contributed by atoms with Gasteiger partial charge in [-0.3, -0.25) is 19.2 Å². The maximum absolute atomic E-state index is 13.2. The highest BCUT2D eigenvalue weighted by Crippen LogP contribution is 2.12. The molecule has 1 aromatic rings. The molecule has 0 fully saturated rings. The van der Waals surface area contributed by atoms with Crippen molar-refractivity contribution in [1.29, 1.82) is 0 Å². The molecule has 0 radical (unpaired) electrons. The van der Waals surface area contributed by atoms with E-state index in [9.17, 15) is 19.2 Å². The van der Waals surface area contributed by atoms with E-state index in [4.69, 9.17) is 0 Å². The molecule has 0 aliphatic carbocycles. The third kappa shape index (κ3) is 13.1. The molecule has 3 atom stereocenters. The second-order valence-corrected chi connectivity index (χ2v) is 12.2. The molecule has 1 aromatic carbocycles. The van der Waals surface area contributed by atoms with Gasteiger partial charge in [0, 0.05) is 43.3 Å². The molecule has 9 heteroatoms. The average Bonchev–Trinajstić information content (AvgIpc) is 2.91. The number of nitrogens with one attached hydrogen (secondary N) is 4. The monoisotopic (exact) mass is 573 g/mol. The average molecular weight is 574 g/mol. The van der Waals surface area contributed by atoms with Crippen molar-refractivity contribution in [1.82, 2.24) is 26.2 Å². The molecule has 9 nitrogen and oxygen atoms in total. The molecule has 0 spiro atoms. The summed E-state index contributed by atoms with van der Waals surface area (Å²) in [6.07, 6.45) is 2.45. The zero-order valence-electron chi connectivity index (χ0n) is 26.8. The molecule has 0 aromatic heterocycles. The highest BCUT2D eigenvalue weighted by Gasteiger charge is 2.27. The summed E-state index contributed by atoms with van der Waals surface area (Å²) in [5.74, 6) is -0.225. The van der Waals surface area contributed by atoms with Crippen LogP contribution in [-0.2, 0) is 9.59 Å². The Morgan fingerprint density at radius 3 is 1.93 bits per heavy atom. The Bertz CT molecular complexity index is 973. The summed E-state index contributed by atoms with van der Waals surface area (Å²) in [7, 11) is 0. The van der Waals surface area contributed by atoms with Crippen molar-refractivity contribution in [2.75, 3.05) is 26.2 Å². The molecule has 0 bridgehead atoms. The van der Waals surface area contributed by atoms with Gasteiger partial charge in [-0.1, -0.05) is 61.5 Å². The minimum absolute atomic E-state index is 0.0649. The molecule has 0 aliphatic rings. The maximum atomic E-state index is 13.2. The van der Waals surface area contributed by atoms with Gasteiger partial charge in [0.2, 0.25) is 11.8 Å². The molecule has 4 amide bonds. The summed E-state index contributed by atoms with van der Waals surface area (Å²) in [6, 6.07) is 5.43. The van der Waals surface area contributed by atoms with E-state index in [1.54, 1.807) is 31.2 Å². The normalized spacial score (nSPS) is 13.6. The Hall–Kier alpha value is -2.94. The van der Waals surface area contributed by atoms with E-state index in [0.717, 1.165) is 12.8 Å². The summed E-state index contributed by atoms with van der Waals surface area (Å²) >= 11 is 0. The molecule has 0 saturated heterocycles. The quantitative estimate of drug-likeness (QED) is 0.212. The Labute approximate surface area is 248 Å². The van der Waals surface area contributed by atoms with Crippen LogP contribution >= 0.6 is 0 Å². The van der Waals surface area contributed by atoms with Crippen LogP contribution in [0.15, 0.2) is 24.3 Å². The molecule has 4 N–H and O–H groups in total. The van der Waals surface area contributed by atoms with Crippen LogP contribution < -0.4 is 21.3 Å². The van der Waals surface area contributed by atoms with E-state index >= 15 is 0 Å². The molecule has 2 unspecified atom stereocenters. The summed E-state index contributed by atoms with van der Waals surface area (Å²) in [6.45, 7) is 20.1. The molecule has 232 valence electrons. The van der Waals surface area contributed by atoms with Crippen molar-refractivity contribution in [3.8, 4) is 0 Å². The van der Waals surface area contributed by atoms with Gasteiger partial charge in [-0.05, 0) is 62.1 Å². The summed E-state index contributed by atoms with van der Waals surface area (Å²) in [5, 5.41) is 12.1. The number of hydrogen-bond acceptors (Lipinski definition) is 5. The Balaban J connectivity index is 2.88. The highest BCUT2D eigenvalue weighted by molar-refractivity contribution is 5.99. The van der Waals surface area contributed by atoms with Crippen molar-refractivity contribution in [3.63, 3.8) is 0 Å². The van der Waals surface area contributed by atoms with Crippen LogP contribution in [0.25, 0.3) is 0 Å². The van der Waals surface area contributed by atoms with E-state index in [2.05, 4.69) is 35.1 Å². The van der Waals surface area contributed by atoms with Gasteiger partial charge in [0.25, 0.3) is 11.8 Å². The predicted molar refractivity (Wildman–Crippen MR) is 166 cm³/mol. The number of carbonyl (C=O) groups is 4. The van der Waals surface area contributed by atoms with Gasteiger partial charge in [-0.15, -0.1) is 0 Å². The van der Waals surface area contributed by atoms with E-state index < -0.39 is 12.1 Å². The second kappa shape index (κ2) is 18.5. The van der Waals surface area contributed by atoms with Crippen LogP contribution in [0, 0.1) is 17.8 Å². The van der Waals surface area contributed by atoms with Gasteiger partial charge in [0.15, 0.2) is 0 Å². The lowest BCUT2D eigenvalue weighted by molar-refractivity contribution is -0.131. The zero-order chi connectivity index (χ0) is 31.1. The predicted octanol–water partition coefficient (Wildman–Crippen LogP) is 3.98. The molecular weight excluding hydrogens is 518 g/mol. The van der Waals surface area contributed by atoms with Gasteiger partial charge < -0.3 is 26.2 Å². The van der Waals surface area contributed by atoms with Gasteiger partial charge in [-0.25, -0.2) is 0 Å². The van der Waals surface area contributed by atoms with Crippen molar-refractivity contribution < 1.29 is 19.2 Å². The Kier molecular flexibility index (Phi) is 16.3. The minimum atomic E-state index is -0.628. The molecule has 1 rings (SSSR count). The number of nitrogens with zero attached hydrogens (tertiary/aromatic N) is 1. The second-order valence-electron chi connectivity index (χ2n) is 12.2. The third-order valence-electron chi connectivity index (χ3n) is 6.73. The lowest BCUT2D eigenvalue weighted by Gasteiger charge is -2.26. The van der Waals surface area contributed by atoms with Gasteiger partial charge in [-0.2, -0.15) is 0 Å². The lowest BCUT2D eigenvalue weighted by atomic mass is 10.0. The largest absolute Gasteiger partial charge is 0.354 e. The SMILES string of the molecule is CCCN(CCC)C(=O)c1cccc(C(=O)NC(CNC(C)C(=O)N[C@H](C(=O)NCC(C)C)C(C)C)CC(C)C)c1. The summed E-state index contributed by atoms with van der Waals surface area (Å²) in [5.41, 5.74) is 0.927. The highest BCUT2D eigenvalue weighted by atomic mass is 16.2. The number of amides is 4. The van der Waals surface area contributed by atoms with Crippen LogP contribution in [0.1, 0.15) is 102 Å². The van der Waals surface area contributed by atoms with Crippen LogP contribution in [-0.4, -0.2) is 72.8 Å². The van der Waals surface area contributed by atoms with Crippen LogP contribution in [0.3, 0.4) is 0 Å². The molecule has 0 aliphatic heterocycles. The zero-order valence-corrected chi connectivity index (χ0v) is 26.8. The van der Waals surface area contributed by atoms with Crippen molar-refractivity contribution in [3.05, 3.63) is 35.4 Å². The van der Waals surface area contributed by atoms with E-state index in [0.29, 0.717) is 55.6 Å². The van der Waals surface area contributed by atoms with Crippen molar-refractivity contribution in [2.24, 2.45) is 17.8 Å². The molecule has 0 heterocycles. The van der Waals surface area contributed by atoms with Crippen LogP contribution in [0.2, 0.25) is 0 Å². The molecule has 0 saturated carbocycles. The first-order chi connectivity index (χ1) is 19.3. The fourth-order valence-corrected chi connectivity index (χ4v) is 4.50. The fraction of sp³-hybridized carbons (Fsp3) is 0.688. The summed E-state index contributed by atoms with van der Waals surface area (Å²) < 4.78 is 0. The maximum Gasteiger partial charge on any atom is 0.253 e. The molecule has 41 heavy (non-hydrogen) atoms. The smallest absolute Gasteiger partial charge is 0.253 e. The van der Waals surface area contributed by atoms with Gasteiger partial charge >= 0.3 is 0 Å². The Morgan fingerprint density at radius 1 is 0.780 bits per heavy atom. The van der Waals surface area contributed by atoms with Crippen molar-refractivity contribution >= 4 is 23.6 Å². The van der Waals surface area contributed by atoms with Gasteiger partial charge in [0.05, 0.1) is 6.04 Å². The van der Waals surface area contributed by atoms with E-state index in [1.165, 1.54) is 0 Å². The van der Waals surface area contributed by atoms with Crippen molar-refractivity contribution in [2.45, 2.75) is 99.7 Å². The number of carbonyl (C=O) groups excluding carboxylic acids is 4. The fourth-order valence-electron chi connectivity index (χ4n) is 4.50. The number of benzene rings is 1. The number of hydrogen-bond donors (Lipinski definition) is 4. The first-order valence-corrected chi connectivity index (χ1v) is 15.3. The van der Waals surface area contributed by atoms with E-state index in [1.807, 2.05) is 46.4 Å². The molecular formula is C32H55N5O4. The minimum Gasteiger partial charge on any atom is -0.354 e. The number of rotatable bonds is 18. The third-order valence-corrected chi connectivity index (χ3v) is 6.73. The standard InChI is InChI=1S/C32H55N5O4/c1-10-15-37(16-11-2)32(41)26-14-12-13-25(18-26)30(39)35-27(17-21(3)4)20-33-24(9)29(38)36-28(23(7)8)31(40)34-19-22(5)6/h12-14,18,21-24,27-28,33H,10-11,15-17,19-20H2,1-9H3,(H,34,40)(H,35,39)(H,36,38)/t24?,27?,28-/m0/s1. The van der Waals surface area contributed by atoms with E-state index in [-0.39, 0.29) is 35.6 Å². The Morgan fingerprint density at radius 2 is 1.39 bits per heavy atom. The first kappa shape index (κ1) is 36.1.